The Morgan fingerprint density at radius 2 is 1.72 bits per heavy atom. The summed E-state index contributed by atoms with van der Waals surface area (Å²) in [4.78, 5) is 27.5. The van der Waals surface area contributed by atoms with Crippen LogP contribution in [0.4, 0.5) is 4.39 Å². The average Bonchev–Trinajstić information content (AvgIpc) is 2.70. The van der Waals surface area contributed by atoms with Crippen molar-refractivity contribution in [2.24, 2.45) is 0 Å². The predicted octanol–water partition coefficient (Wildman–Crippen LogP) is 4.74. The molecule has 2 amide bonds. The van der Waals surface area contributed by atoms with Gasteiger partial charge in [0.05, 0.1) is 6.42 Å². The molecular formula is C23H28ClFN2O2. The highest BCUT2D eigenvalue weighted by Gasteiger charge is 2.29. The molecule has 2 rings (SSSR count). The van der Waals surface area contributed by atoms with E-state index in [-0.39, 0.29) is 30.8 Å². The Kier molecular flexibility index (Phi) is 8.65. The Morgan fingerprint density at radius 1 is 1.07 bits per heavy atom. The lowest BCUT2D eigenvalue weighted by molar-refractivity contribution is -0.141. The van der Waals surface area contributed by atoms with Crippen LogP contribution in [0.5, 0.6) is 0 Å². The van der Waals surface area contributed by atoms with Crippen LogP contribution in [0.15, 0.2) is 48.5 Å². The molecule has 1 N–H and O–H groups in total. The topological polar surface area (TPSA) is 49.4 Å². The van der Waals surface area contributed by atoms with E-state index in [0.717, 1.165) is 12.0 Å². The summed E-state index contributed by atoms with van der Waals surface area (Å²) in [5.74, 6) is -0.918. The van der Waals surface area contributed by atoms with E-state index in [1.165, 1.54) is 11.0 Å². The maximum Gasteiger partial charge on any atom is 0.243 e. The zero-order valence-corrected chi connectivity index (χ0v) is 17.9. The van der Waals surface area contributed by atoms with Gasteiger partial charge in [0.15, 0.2) is 0 Å². The van der Waals surface area contributed by atoms with Gasteiger partial charge in [-0.05, 0) is 49.1 Å². The van der Waals surface area contributed by atoms with Crippen molar-refractivity contribution in [1.29, 1.82) is 0 Å². The van der Waals surface area contributed by atoms with Gasteiger partial charge in [-0.15, -0.1) is 0 Å². The summed E-state index contributed by atoms with van der Waals surface area (Å²) in [5.41, 5.74) is 1.17. The number of carbonyl (C=O) groups is 2. The summed E-state index contributed by atoms with van der Waals surface area (Å²) in [6.45, 7) is 6.03. The normalized spacial score (nSPS) is 12.9. The first-order valence-corrected chi connectivity index (χ1v) is 10.3. The Bertz CT molecular complexity index is 826. The van der Waals surface area contributed by atoms with Crippen LogP contribution in [0.2, 0.25) is 5.02 Å². The molecule has 0 radical (unpaired) electrons. The minimum atomic E-state index is -0.640. The number of nitrogens with zero attached hydrogens (tertiary/aromatic N) is 1. The Labute approximate surface area is 177 Å². The molecule has 0 heterocycles. The number of benzene rings is 2. The van der Waals surface area contributed by atoms with Crippen LogP contribution >= 0.6 is 11.6 Å². The SMILES string of the molecule is CC[C@H](C)NC(=O)[C@H](CC)N(Cc1ccc(Cl)cc1)C(=O)Cc1ccccc1F. The van der Waals surface area contributed by atoms with Crippen LogP contribution in [-0.2, 0) is 22.6 Å². The number of rotatable bonds is 9. The lowest BCUT2D eigenvalue weighted by atomic mass is 10.1. The maximum absolute atomic E-state index is 14.1. The molecule has 156 valence electrons. The second kappa shape index (κ2) is 11.0. The number of nitrogens with one attached hydrogen (secondary N) is 1. The highest BCUT2D eigenvalue weighted by molar-refractivity contribution is 6.30. The number of carbonyl (C=O) groups excluding carboxylic acids is 2. The summed E-state index contributed by atoms with van der Waals surface area (Å²) < 4.78 is 14.1. The molecule has 4 nitrogen and oxygen atoms in total. The van der Waals surface area contributed by atoms with Gasteiger partial charge in [-0.1, -0.05) is 55.8 Å². The molecule has 2 atom stereocenters. The van der Waals surface area contributed by atoms with Crippen molar-refractivity contribution < 1.29 is 14.0 Å². The third-order valence-corrected chi connectivity index (χ3v) is 5.20. The van der Waals surface area contributed by atoms with Gasteiger partial charge in [-0.2, -0.15) is 0 Å². The fourth-order valence-corrected chi connectivity index (χ4v) is 3.18. The van der Waals surface area contributed by atoms with E-state index in [1.54, 1.807) is 30.3 Å². The van der Waals surface area contributed by atoms with Gasteiger partial charge in [-0.25, -0.2) is 4.39 Å². The molecule has 0 aliphatic carbocycles. The molecule has 0 unspecified atom stereocenters. The van der Waals surface area contributed by atoms with Crippen LogP contribution in [0.25, 0.3) is 0 Å². The first kappa shape index (κ1) is 22.9. The summed E-state index contributed by atoms with van der Waals surface area (Å²) in [6, 6.07) is 12.7. The zero-order valence-electron chi connectivity index (χ0n) is 17.1. The first-order valence-electron chi connectivity index (χ1n) is 9.93. The molecule has 6 heteroatoms. The lowest BCUT2D eigenvalue weighted by Gasteiger charge is -2.31. The van der Waals surface area contributed by atoms with Crippen LogP contribution in [-0.4, -0.2) is 28.8 Å². The van der Waals surface area contributed by atoms with Gasteiger partial charge in [0, 0.05) is 17.6 Å². The average molecular weight is 419 g/mol. The quantitative estimate of drug-likeness (QED) is 0.639. The van der Waals surface area contributed by atoms with Gasteiger partial charge < -0.3 is 10.2 Å². The fraction of sp³-hybridized carbons (Fsp3) is 0.391. The molecular weight excluding hydrogens is 391 g/mol. The van der Waals surface area contributed by atoms with E-state index in [0.29, 0.717) is 17.0 Å². The van der Waals surface area contributed by atoms with E-state index < -0.39 is 11.9 Å². The summed E-state index contributed by atoms with van der Waals surface area (Å²) in [7, 11) is 0. The number of hydrogen-bond donors (Lipinski definition) is 1. The van der Waals surface area contributed by atoms with Crippen molar-refractivity contribution in [2.75, 3.05) is 0 Å². The molecule has 29 heavy (non-hydrogen) atoms. The van der Waals surface area contributed by atoms with Gasteiger partial charge in [0.1, 0.15) is 11.9 Å². The zero-order chi connectivity index (χ0) is 21.4. The molecule has 0 saturated carbocycles. The first-order chi connectivity index (χ1) is 13.8. The van der Waals surface area contributed by atoms with E-state index in [9.17, 15) is 14.0 Å². The van der Waals surface area contributed by atoms with Crippen molar-refractivity contribution in [3.63, 3.8) is 0 Å². The minimum absolute atomic E-state index is 0.00982. The number of hydrogen-bond acceptors (Lipinski definition) is 2. The van der Waals surface area contributed by atoms with Crippen molar-refractivity contribution in [2.45, 2.75) is 58.7 Å². The molecule has 0 spiro atoms. The summed E-state index contributed by atoms with van der Waals surface area (Å²) in [5, 5.41) is 3.55. The number of halogens is 2. The van der Waals surface area contributed by atoms with Gasteiger partial charge in [0.25, 0.3) is 0 Å². The van der Waals surface area contributed by atoms with Gasteiger partial charge >= 0.3 is 0 Å². The van der Waals surface area contributed by atoms with Crippen molar-refractivity contribution in [1.82, 2.24) is 10.2 Å². The van der Waals surface area contributed by atoms with Crippen molar-refractivity contribution in [3.05, 3.63) is 70.5 Å². The van der Waals surface area contributed by atoms with Gasteiger partial charge in [-0.3, -0.25) is 9.59 Å². The van der Waals surface area contributed by atoms with Crippen LogP contribution in [0.1, 0.15) is 44.7 Å². The lowest BCUT2D eigenvalue weighted by Crippen LogP contribution is -2.51. The van der Waals surface area contributed by atoms with Crippen LogP contribution < -0.4 is 5.32 Å². The molecule has 0 saturated heterocycles. The third kappa shape index (κ3) is 6.57. The van der Waals surface area contributed by atoms with E-state index >= 15 is 0 Å². The summed E-state index contributed by atoms with van der Waals surface area (Å²) in [6.07, 6.45) is 1.15. The fourth-order valence-electron chi connectivity index (χ4n) is 3.05. The Balaban J connectivity index is 2.29. The van der Waals surface area contributed by atoms with Crippen LogP contribution in [0.3, 0.4) is 0 Å². The Morgan fingerprint density at radius 3 is 2.31 bits per heavy atom. The molecule has 0 fully saturated rings. The Hall–Kier alpha value is -2.40. The minimum Gasteiger partial charge on any atom is -0.352 e. The van der Waals surface area contributed by atoms with E-state index in [2.05, 4.69) is 5.32 Å². The monoisotopic (exact) mass is 418 g/mol. The van der Waals surface area contributed by atoms with Crippen molar-refractivity contribution in [3.8, 4) is 0 Å². The predicted molar refractivity (Wildman–Crippen MR) is 114 cm³/mol. The van der Waals surface area contributed by atoms with Gasteiger partial charge in [0.2, 0.25) is 11.8 Å². The van der Waals surface area contributed by atoms with E-state index in [1.807, 2.05) is 32.9 Å². The molecule has 0 aliphatic rings. The second-order valence-corrected chi connectivity index (χ2v) is 7.59. The largest absolute Gasteiger partial charge is 0.352 e. The smallest absolute Gasteiger partial charge is 0.243 e. The molecule has 0 aliphatic heterocycles. The molecule has 2 aromatic rings. The molecule has 0 aromatic heterocycles. The maximum atomic E-state index is 14.1. The highest BCUT2D eigenvalue weighted by Crippen LogP contribution is 2.18. The van der Waals surface area contributed by atoms with Crippen LogP contribution in [0, 0.1) is 5.82 Å². The van der Waals surface area contributed by atoms with E-state index in [4.69, 9.17) is 11.6 Å². The molecule has 2 aromatic carbocycles. The standard InChI is InChI=1S/C23H28ClFN2O2/c1-4-16(3)26-23(29)21(5-2)27(15-17-10-12-19(24)13-11-17)22(28)14-18-8-6-7-9-20(18)25/h6-13,16,21H,4-5,14-15H2,1-3H3,(H,26,29)/t16-,21-/m0/s1. The third-order valence-electron chi connectivity index (χ3n) is 4.95. The summed E-state index contributed by atoms with van der Waals surface area (Å²) >= 11 is 5.96. The highest BCUT2D eigenvalue weighted by atomic mass is 35.5. The molecule has 0 bridgehead atoms. The second-order valence-electron chi connectivity index (χ2n) is 7.16. The van der Waals surface area contributed by atoms with Crippen molar-refractivity contribution >= 4 is 23.4 Å². The number of amides is 2.